The van der Waals surface area contributed by atoms with E-state index >= 15 is 0 Å². The van der Waals surface area contributed by atoms with Gasteiger partial charge in [-0.25, -0.2) is 9.97 Å². The summed E-state index contributed by atoms with van der Waals surface area (Å²) in [5, 5.41) is 14.4. The quantitative estimate of drug-likeness (QED) is 0.663. The largest absolute Gasteiger partial charge is 0.391 e. The summed E-state index contributed by atoms with van der Waals surface area (Å²) >= 11 is 1.68. The predicted octanol–water partition coefficient (Wildman–Crippen LogP) is 3.07. The molecule has 8 heteroatoms. The van der Waals surface area contributed by atoms with E-state index in [1.54, 1.807) is 17.7 Å². The Morgan fingerprint density at radius 1 is 1.26 bits per heavy atom. The second kappa shape index (κ2) is 7.39. The Balaban J connectivity index is 1.29. The fourth-order valence-corrected chi connectivity index (χ4v) is 6.20. The number of fused-ring (bicyclic) bond motifs is 4. The number of benzene rings is 1. The molecule has 2 N–H and O–H groups in total. The minimum Gasteiger partial charge on any atom is -0.391 e. The normalized spacial score (nSPS) is 22.0. The number of aliphatic hydroxyl groups is 1. The number of thiophene rings is 1. The van der Waals surface area contributed by atoms with Crippen molar-refractivity contribution in [2.45, 2.75) is 38.3 Å². The molecule has 0 bridgehead atoms. The van der Waals surface area contributed by atoms with Gasteiger partial charge in [0.2, 0.25) is 5.91 Å². The van der Waals surface area contributed by atoms with E-state index in [4.69, 9.17) is 0 Å². The molecule has 0 saturated carbocycles. The van der Waals surface area contributed by atoms with E-state index in [9.17, 15) is 9.90 Å². The molecule has 7 nitrogen and oxygen atoms in total. The number of hydrogen-bond donors (Lipinski definition) is 2. The van der Waals surface area contributed by atoms with E-state index in [2.05, 4.69) is 38.5 Å². The summed E-state index contributed by atoms with van der Waals surface area (Å²) in [4.78, 5) is 30.4. The minimum absolute atomic E-state index is 0.00812. The van der Waals surface area contributed by atoms with Gasteiger partial charge >= 0.3 is 0 Å². The Kier molecular flexibility index (Phi) is 4.50. The molecule has 2 atom stereocenters. The number of hydrogen-bond acceptors (Lipinski definition) is 7. The van der Waals surface area contributed by atoms with Crippen LogP contribution in [0.2, 0.25) is 0 Å². The van der Waals surface area contributed by atoms with Gasteiger partial charge < -0.3 is 15.3 Å². The number of likely N-dealkylation sites (tertiary alicyclic amines) is 1. The van der Waals surface area contributed by atoms with Gasteiger partial charge in [-0.15, -0.1) is 11.3 Å². The average molecular weight is 434 g/mol. The van der Waals surface area contributed by atoms with E-state index in [0.717, 1.165) is 53.1 Å². The van der Waals surface area contributed by atoms with Crippen LogP contribution in [0.3, 0.4) is 0 Å². The summed E-state index contributed by atoms with van der Waals surface area (Å²) < 4.78 is 0. The van der Waals surface area contributed by atoms with Crippen molar-refractivity contribution in [3.8, 4) is 0 Å². The summed E-state index contributed by atoms with van der Waals surface area (Å²) in [6.07, 6.45) is 6.26. The van der Waals surface area contributed by atoms with E-state index in [1.807, 2.05) is 11.1 Å². The van der Waals surface area contributed by atoms with Crippen LogP contribution in [-0.4, -0.2) is 51.3 Å². The number of aromatic nitrogens is 2. The number of aliphatic hydroxyl groups excluding tert-OH is 1. The van der Waals surface area contributed by atoms with Gasteiger partial charge in [-0.2, -0.15) is 0 Å². The maximum absolute atomic E-state index is 12.9. The van der Waals surface area contributed by atoms with Gasteiger partial charge in [-0.1, -0.05) is 6.07 Å². The number of aliphatic imine (C=N–C) groups is 1. The van der Waals surface area contributed by atoms with Crippen LogP contribution in [0.1, 0.15) is 34.4 Å². The lowest BCUT2D eigenvalue weighted by molar-refractivity contribution is -0.135. The van der Waals surface area contributed by atoms with Gasteiger partial charge in [-0.05, 0) is 54.5 Å². The van der Waals surface area contributed by atoms with Crippen LogP contribution in [0, 0.1) is 5.92 Å². The van der Waals surface area contributed by atoms with Crippen LogP contribution in [-0.2, 0) is 24.2 Å². The van der Waals surface area contributed by atoms with Crippen LogP contribution in [0.25, 0.3) is 10.2 Å². The van der Waals surface area contributed by atoms with Crippen molar-refractivity contribution >= 4 is 45.2 Å². The molecule has 1 aromatic carbocycles. The monoisotopic (exact) mass is 433 g/mol. The van der Waals surface area contributed by atoms with Crippen LogP contribution in [0.5, 0.6) is 0 Å². The summed E-state index contributed by atoms with van der Waals surface area (Å²) in [7, 11) is 0. The van der Waals surface area contributed by atoms with Crippen molar-refractivity contribution in [1.82, 2.24) is 14.9 Å². The smallest absolute Gasteiger partial charge is 0.226 e. The lowest BCUT2D eigenvalue weighted by Gasteiger charge is -2.26. The van der Waals surface area contributed by atoms with E-state index in [-0.39, 0.29) is 17.9 Å². The van der Waals surface area contributed by atoms with E-state index in [1.165, 1.54) is 16.0 Å². The predicted molar refractivity (Wildman–Crippen MR) is 121 cm³/mol. The number of amides is 1. The highest BCUT2D eigenvalue weighted by molar-refractivity contribution is 7.19. The van der Waals surface area contributed by atoms with Gasteiger partial charge in [0.25, 0.3) is 0 Å². The first-order chi connectivity index (χ1) is 15.2. The molecule has 1 amide bonds. The zero-order valence-electron chi connectivity index (χ0n) is 17.0. The van der Waals surface area contributed by atoms with Gasteiger partial charge in [0.15, 0.2) is 0 Å². The first-order valence-electron chi connectivity index (χ1n) is 10.8. The number of aryl methyl sites for hydroxylation is 1. The van der Waals surface area contributed by atoms with Gasteiger partial charge in [-0.3, -0.25) is 9.79 Å². The first-order valence-corrected chi connectivity index (χ1v) is 11.6. The zero-order chi connectivity index (χ0) is 20.9. The van der Waals surface area contributed by atoms with Crippen molar-refractivity contribution in [1.29, 1.82) is 0 Å². The second-order valence-electron chi connectivity index (χ2n) is 8.58. The maximum Gasteiger partial charge on any atom is 0.226 e. The minimum atomic E-state index is -0.373. The maximum atomic E-state index is 12.9. The van der Waals surface area contributed by atoms with Gasteiger partial charge in [0, 0.05) is 35.8 Å². The molecular formula is C23H23N5O2S. The molecule has 2 aliphatic heterocycles. The molecule has 0 spiro atoms. The summed E-state index contributed by atoms with van der Waals surface area (Å²) in [5.74, 6) is 1.000. The third kappa shape index (κ3) is 3.30. The van der Waals surface area contributed by atoms with E-state index < -0.39 is 0 Å². The molecule has 4 heterocycles. The molecule has 3 aliphatic rings. The SMILES string of the molecule is O=C(C1CCc2c(sc3ncnc(Nc4ccc5c(c4)C=NC5)c23)C1)N1CC[C@@H](O)C1. The Hall–Kier alpha value is -2.84. The molecule has 1 aliphatic carbocycles. The third-order valence-electron chi connectivity index (χ3n) is 6.57. The number of nitrogens with one attached hydrogen (secondary N) is 1. The number of nitrogens with zero attached hydrogens (tertiary/aromatic N) is 4. The summed E-state index contributed by atoms with van der Waals surface area (Å²) in [5.41, 5.74) is 4.66. The van der Waals surface area contributed by atoms with Crippen LogP contribution < -0.4 is 5.32 Å². The highest BCUT2D eigenvalue weighted by atomic mass is 32.1. The van der Waals surface area contributed by atoms with Crippen molar-refractivity contribution < 1.29 is 9.90 Å². The van der Waals surface area contributed by atoms with Gasteiger partial charge in [0.1, 0.15) is 17.0 Å². The molecule has 1 saturated heterocycles. The van der Waals surface area contributed by atoms with Crippen molar-refractivity contribution in [3.05, 3.63) is 46.1 Å². The molecule has 158 valence electrons. The number of carbonyl (C=O) groups is 1. The highest BCUT2D eigenvalue weighted by Crippen LogP contribution is 2.41. The third-order valence-corrected chi connectivity index (χ3v) is 7.73. The fraction of sp³-hybridized carbons (Fsp3) is 0.391. The summed E-state index contributed by atoms with van der Waals surface area (Å²) in [6, 6.07) is 6.29. The number of β-amino-alcohol motifs (C(OH)–C–C–N with tert-alkyl or cyclic N) is 1. The number of carbonyl (C=O) groups excluding carboxylic acids is 1. The van der Waals surface area contributed by atoms with Gasteiger partial charge in [0.05, 0.1) is 18.0 Å². The Labute approximate surface area is 183 Å². The molecule has 1 fully saturated rings. The molecule has 3 aromatic rings. The standard InChI is InChI=1S/C23H23N5O2S/c29-17-5-6-28(11-17)23(30)13-2-4-18-19(8-13)31-22-20(18)21(25-12-26-22)27-16-3-1-14-9-24-10-15(14)7-16/h1,3,7,10,12-13,17,29H,2,4-6,8-9,11H2,(H,25,26,27)/t13?,17-/m1/s1. The van der Waals surface area contributed by atoms with Crippen LogP contribution in [0.4, 0.5) is 11.5 Å². The van der Waals surface area contributed by atoms with Crippen LogP contribution >= 0.6 is 11.3 Å². The first kappa shape index (κ1) is 18.9. The Morgan fingerprint density at radius 3 is 3.06 bits per heavy atom. The van der Waals surface area contributed by atoms with Crippen molar-refractivity contribution in [2.24, 2.45) is 10.9 Å². The second-order valence-corrected chi connectivity index (χ2v) is 9.66. The Morgan fingerprint density at radius 2 is 2.19 bits per heavy atom. The number of anilines is 2. The molecule has 6 rings (SSSR count). The zero-order valence-corrected chi connectivity index (χ0v) is 17.9. The van der Waals surface area contributed by atoms with Crippen LogP contribution in [0.15, 0.2) is 29.5 Å². The average Bonchev–Trinajstić information content (AvgIpc) is 3.50. The topological polar surface area (TPSA) is 90.7 Å². The highest BCUT2D eigenvalue weighted by Gasteiger charge is 2.34. The lowest BCUT2D eigenvalue weighted by atomic mass is 9.87. The molecule has 0 radical (unpaired) electrons. The lowest BCUT2D eigenvalue weighted by Crippen LogP contribution is -2.37. The molecule has 31 heavy (non-hydrogen) atoms. The summed E-state index contributed by atoms with van der Waals surface area (Å²) in [6.45, 7) is 1.89. The van der Waals surface area contributed by atoms with Crippen molar-refractivity contribution in [2.75, 3.05) is 18.4 Å². The number of rotatable bonds is 3. The van der Waals surface area contributed by atoms with Crippen molar-refractivity contribution in [3.63, 3.8) is 0 Å². The fourth-order valence-electron chi connectivity index (χ4n) is 4.93. The molecule has 2 aromatic heterocycles. The molecular weight excluding hydrogens is 410 g/mol. The van der Waals surface area contributed by atoms with E-state index in [0.29, 0.717) is 19.5 Å². The Bertz CT molecular complexity index is 1220. The molecule has 1 unspecified atom stereocenters.